The molecular weight excluding hydrogens is 288 g/mol. The molecule has 0 saturated carbocycles. The molecule has 1 heterocycles. The fourth-order valence-electron chi connectivity index (χ4n) is 2.84. The van der Waals surface area contributed by atoms with E-state index in [2.05, 4.69) is 19.2 Å². The molecule has 3 N–H and O–H groups in total. The number of amides is 1. The lowest BCUT2D eigenvalue weighted by molar-refractivity contribution is -0.0510. The third-order valence-electron chi connectivity index (χ3n) is 3.88. The van der Waals surface area contributed by atoms with Crippen molar-refractivity contribution in [3.8, 4) is 0 Å². The second-order valence-corrected chi connectivity index (χ2v) is 5.78. The van der Waals surface area contributed by atoms with Crippen molar-refractivity contribution in [3.05, 3.63) is 29.8 Å². The van der Waals surface area contributed by atoms with Crippen molar-refractivity contribution in [1.82, 2.24) is 5.32 Å². The summed E-state index contributed by atoms with van der Waals surface area (Å²) >= 11 is 0. The Bertz CT molecular complexity index is 465. The first-order valence-corrected chi connectivity index (χ1v) is 7.34. The van der Waals surface area contributed by atoms with Crippen LogP contribution < -0.4 is 11.1 Å². The molecule has 2 unspecified atom stereocenters. The molecule has 0 bridgehead atoms. The number of nitrogen functional groups attached to an aromatic ring is 1. The Kier molecular flexibility index (Phi) is 6.99. The van der Waals surface area contributed by atoms with E-state index in [1.165, 1.54) is 0 Å². The molecule has 1 amide bonds. The van der Waals surface area contributed by atoms with E-state index in [0.29, 0.717) is 29.6 Å². The van der Waals surface area contributed by atoms with Crippen LogP contribution >= 0.6 is 12.4 Å². The number of carbonyl (C=O) groups is 1. The maximum absolute atomic E-state index is 12.2. The Morgan fingerprint density at radius 3 is 2.81 bits per heavy atom. The summed E-state index contributed by atoms with van der Waals surface area (Å²) in [6, 6.07) is 7.15. The van der Waals surface area contributed by atoms with Crippen LogP contribution in [0.3, 0.4) is 0 Å². The Labute approximate surface area is 132 Å². The number of hydrogen-bond acceptors (Lipinski definition) is 3. The molecule has 1 aliphatic rings. The van der Waals surface area contributed by atoms with Crippen LogP contribution in [0.5, 0.6) is 0 Å². The predicted octanol–water partition coefficient (Wildman–Crippen LogP) is 2.87. The van der Waals surface area contributed by atoms with Gasteiger partial charge in [-0.25, -0.2) is 0 Å². The highest BCUT2D eigenvalue weighted by Crippen LogP contribution is 2.25. The summed E-state index contributed by atoms with van der Waals surface area (Å²) in [5, 5.41) is 3.00. The zero-order valence-corrected chi connectivity index (χ0v) is 13.5. The Morgan fingerprint density at radius 2 is 2.14 bits per heavy atom. The third kappa shape index (κ3) is 4.61. The van der Waals surface area contributed by atoms with Crippen molar-refractivity contribution in [2.75, 3.05) is 18.9 Å². The first-order valence-electron chi connectivity index (χ1n) is 7.34. The van der Waals surface area contributed by atoms with Gasteiger partial charge in [0.05, 0.1) is 11.7 Å². The Balaban J connectivity index is 0.00000220. The number of nitrogens with two attached hydrogens (primary N) is 1. The molecule has 4 nitrogen and oxygen atoms in total. The molecule has 0 spiro atoms. The van der Waals surface area contributed by atoms with E-state index >= 15 is 0 Å². The summed E-state index contributed by atoms with van der Waals surface area (Å²) in [4.78, 5) is 12.2. The summed E-state index contributed by atoms with van der Waals surface area (Å²) in [5.74, 6) is 0.757. The monoisotopic (exact) mass is 312 g/mol. The lowest BCUT2D eigenvalue weighted by atomic mass is 9.87. The molecule has 5 heteroatoms. The molecule has 1 aromatic rings. The van der Waals surface area contributed by atoms with E-state index in [4.69, 9.17) is 10.5 Å². The van der Waals surface area contributed by atoms with E-state index in [-0.39, 0.29) is 24.4 Å². The van der Waals surface area contributed by atoms with Crippen molar-refractivity contribution in [1.29, 1.82) is 0 Å². The average molecular weight is 313 g/mol. The minimum atomic E-state index is -0.101. The second kappa shape index (κ2) is 8.25. The Morgan fingerprint density at radius 1 is 1.43 bits per heavy atom. The van der Waals surface area contributed by atoms with Crippen LogP contribution in [-0.2, 0) is 4.74 Å². The van der Waals surface area contributed by atoms with E-state index in [1.807, 2.05) is 12.1 Å². The summed E-state index contributed by atoms with van der Waals surface area (Å²) in [6.45, 7) is 5.81. The molecule has 0 radical (unpaired) electrons. The van der Waals surface area contributed by atoms with E-state index in [0.717, 1.165) is 19.4 Å². The smallest absolute Gasteiger partial charge is 0.253 e. The zero-order chi connectivity index (χ0) is 14.5. The minimum Gasteiger partial charge on any atom is -0.398 e. The van der Waals surface area contributed by atoms with Gasteiger partial charge in [-0.15, -0.1) is 12.4 Å². The molecule has 0 aromatic heterocycles. The fourth-order valence-corrected chi connectivity index (χ4v) is 2.84. The number of hydrogen-bond donors (Lipinski definition) is 2. The van der Waals surface area contributed by atoms with Gasteiger partial charge in [-0.3, -0.25) is 4.79 Å². The molecule has 0 aliphatic carbocycles. The highest BCUT2D eigenvalue weighted by atomic mass is 35.5. The minimum absolute atomic E-state index is 0. The molecule has 118 valence electrons. The predicted molar refractivity (Wildman–Crippen MR) is 87.7 cm³/mol. The van der Waals surface area contributed by atoms with E-state index in [1.54, 1.807) is 12.1 Å². The molecule has 21 heavy (non-hydrogen) atoms. The highest BCUT2D eigenvalue weighted by Gasteiger charge is 2.28. The molecule has 1 saturated heterocycles. The largest absolute Gasteiger partial charge is 0.398 e. The SMILES string of the molecule is CC(C)C1OCCCC1CNC(=O)c1ccccc1N.Cl. The van der Waals surface area contributed by atoms with Crippen LogP contribution in [0, 0.1) is 11.8 Å². The lowest BCUT2D eigenvalue weighted by Gasteiger charge is -2.34. The van der Waals surface area contributed by atoms with Crippen LogP contribution in [0.4, 0.5) is 5.69 Å². The summed E-state index contributed by atoms with van der Waals surface area (Å²) in [5.41, 5.74) is 6.89. The van der Waals surface area contributed by atoms with Crippen molar-refractivity contribution in [2.45, 2.75) is 32.8 Å². The van der Waals surface area contributed by atoms with Crippen LogP contribution in [0.1, 0.15) is 37.0 Å². The van der Waals surface area contributed by atoms with Gasteiger partial charge in [0, 0.05) is 24.8 Å². The van der Waals surface area contributed by atoms with Crippen LogP contribution in [0.15, 0.2) is 24.3 Å². The maximum atomic E-state index is 12.2. The van der Waals surface area contributed by atoms with Gasteiger partial charge in [-0.2, -0.15) is 0 Å². The quantitative estimate of drug-likeness (QED) is 0.840. The van der Waals surface area contributed by atoms with Gasteiger partial charge in [0.1, 0.15) is 0 Å². The van der Waals surface area contributed by atoms with Crippen LogP contribution in [-0.4, -0.2) is 25.2 Å². The molecule has 2 rings (SSSR count). The average Bonchev–Trinajstić information content (AvgIpc) is 2.45. The van der Waals surface area contributed by atoms with Crippen LogP contribution in [0.2, 0.25) is 0 Å². The van der Waals surface area contributed by atoms with Gasteiger partial charge in [-0.1, -0.05) is 26.0 Å². The van der Waals surface area contributed by atoms with Gasteiger partial charge in [0.2, 0.25) is 0 Å². The van der Waals surface area contributed by atoms with Gasteiger partial charge >= 0.3 is 0 Å². The number of benzene rings is 1. The summed E-state index contributed by atoms with van der Waals surface area (Å²) in [7, 11) is 0. The van der Waals surface area contributed by atoms with E-state index in [9.17, 15) is 4.79 Å². The van der Waals surface area contributed by atoms with Gasteiger partial charge in [-0.05, 0) is 30.9 Å². The number of ether oxygens (including phenoxy) is 1. The molecule has 1 aliphatic heterocycles. The number of anilines is 1. The molecule has 1 fully saturated rings. The maximum Gasteiger partial charge on any atom is 0.253 e. The number of carbonyl (C=O) groups excluding carboxylic acids is 1. The van der Waals surface area contributed by atoms with E-state index < -0.39 is 0 Å². The number of rotatable bonds is 4. The second-order valence-electron chi connectivity index (χ2n) is 5.78. The molecule has 2 atom stereocenters. The zero-order valence-electron chi connectivity index (χ0n) is 12.7. The van der Waals surface area contributed by atoms with Crippen molar-refractivity contribution >= 4 is 24.0 Å². The van der Waals surface area contributed by atoms with Crippen molar-refractivity contribution in [2.24, 2.45) is 11.8 Å². The first-order chi connectivity index (χ1) is 9.59. The standard InChI is InChI=1S/C16H24N2O2.ClH/c1-11(2)15-12(6-5-9-20-15)10-18-16(19)13-7-3-4-8-14(13)17;/h3-4,7-8,11-12,15H,5-6,9-10,17H2,1-2H3,(H,18,19);1H. The molecular formula is C16H25ClN2O2. The number of para-hydroxylation sites is 1. The van der Waals surface area contributed by atoms with Crippen LogP contribution in [0.25, 0.3) is 0 Å². The van der Waals surface area contributed by atoms with Gasteiger partial charge in [0.25, 0.3) is 5.91 Å². The number of halogens is 1. The normalized spacial score (nSPS) is 21.7. The third-order valence-corrected chi connectivity index (χ3v) is 3.88. The van der Waals surface area contributed by atoms with Crippen molar-refractivity contribution < 1.29 is 9.53 Å². The number of nitrogens with one attached hydrogen (secondary N) is 1. The van der Waals surface area contributed by atoms with Gasteiger partial charge in [0.15, 0.2) is 0 Å². The van der Waals surface area contributed by atoms with Crippen molar-refractivity contribution in [3.63, 3.8) is 0 Å². The highest BCUT2D eigenvalue weighted by molar-refractivity contribution is 5.99. The topological polar surface area (TPSA) is 64.3 Å². The first kappa shape index (κ1) is 17.8. The summed E-state index contributed by atoms with van der Waals surface area (Å²) < 4.78 is 5.84. The fraction of sp³-hybridized carbons (Fsp3) is 0.562. The van der Waals surface area contributed by atoms with Gasteiger partial charge < -0.3 is 15.8 Å². The summed E-state index contributed by atoms with van der Waals surface area (Å²) in [6.07, 6.45) is 2.40. The lowest BCUT2D eigenvalue weighted by Crippen LogP contribution is -2.41. The Hall–Kier alpha value is -1.26. The molecule has 1 aromatic carbocycles.